The predicted molar refractivity (Wildman–Crippen MR) is 123 cm³/mol. The molecule has 1 amide bonds. The molecule has 164 valence electrons. The second-order valence-electron chi connectivity index (χ2n) is 7.41. The first-order valence-electron chi connectivity index (χ1n) is 10.2. The fraction of sp³-hybridized carbons (Fsp3) is 0.217. The van der Waals surface area contributed by atoms with Gasteiger partial charge in [0.15, 0.2) is 0 Å². The van der Waals surface area contributed by atoms with Crippen LogP contribution in [-0.4, -0.2) is 25.7 Å². The smallest absolute Gasteiger partial charge is 0.228 e. The van der Waals surface area contributed by atoms with Crippen LogP contribution in [0.4, 0.5) is 15.9 Å². The molecule has 2 heterocycles. The van der Waals surface area contributed by atoms with Crippen LogP contribution in [0.25, 0.3) is 11.2 Å². The quantitative estimate of drug-likeness (QED) is 0.412. The molecule has 2 N–H and O–H groups in total. The van der Waals surface area contributed by atoms with Crippen molar-refractivity contribution in [2.24, 2.45) is 0 Å². The summed E-state index contributed by atoms with van der Waals surface area (Å²) < 4.78 is 16.3. The molecule has 2 aromatic heterocycles. The first-order chi connectivity index (χ1) is 15.4. The highest BCUT2D eigenvalue weighted by atomic mass is 35.5. The van der Waals surface area contributed by atoms with Crippen LogP contribution < -0.4 is 10.6 Å². The molecule has 1 atom stereocenters. The van der Waals surface area contributed by atoms with Gasteiger partial charge in [-0.15, -0.1) is 0 Å². The first-order valence-corrected chi connectivity index (χ1v) is 10.6. The van der Waals surface area contributed by atoms with Crippen LogP contribution >= 0.6 is 11.6 Å². The molecular weight excluding hydrogens is 431 g/mol. The summed E-state index contributed by atoms with van der Waals surface area (Å²) >= 11 is 5.97. The van der Waals surface area contributed by atoms with Crippen LogP contribution in [0.1, 0.15) is 31.0 Å². The largest absolute Gasteiger partial charge is 0.362 e. The lowest BCUT2D eigenvalue weighted by Gasteiger charge is -2.17. The van der Waals surface area contributed by atoms with E-state index in [-0.39, 0.29) is 18.1 Å². The van der Waals surface area contributed by atoms with Crippen molar-refractivity contribution in [1.29, 1.82) is 0 Å². The van der Waals surface area contributed by atoms with Gasteiger partial charge in [-0.3, -0.25) is 9.48 Å². The Morgan fingerprint density at radius 3 is 2.88 bits per heavy atom. The number of aromatic nitrogens is 4. The number of halogens is 2. The number of carbonyl (C=O) groups is 1. The molecule has 0 unspecified atom stereocenters. The highest BCUT2D eigenvalue weighted by molar-refractivity contribution is 6.30. The summed E-state index contributed by atoms with van der Waals surface area (Å²) in [6.07, 6.45) is 3.58. The summed E-state index contributed by atoms with van der Waals surface area (Å²) in [4.78, 5) is 21.2. The number of rotatable bonds is 7. The molecule has 4 rings (SSSR count). The van der Waals surface area contributed by atoms with Crippen LogP contribution in [0.2, 0.25) is 5.02 Å². The van der Waals surface area contributed by atoms with Crippen LogP contribution in [0.15, 0.2) is 54.9 Å². The number of aryl methyl sites for hydroxylation is 1. The zero-order valence-electron chi connectivity index (χ0n) is 17.6. The van der Waals surface area contributed by atoms with Crippen molar-refractivity contribution < 1.29 is 9.18 Å². The lowest BCUT2D eigenvalue weighted by atomic mass is 10.1. The van der Waals surface area contributed by atoms with E-state index < -0.39 is 6.04 Å². The molecule has 32 heavy (non-hydrogen) atoms. The van der Waals surface area contributed by atoms with E-state index in [1.807, 2.05) is 26.1 Å². The Morgan fingerprint density at radius 1 is 1.25 bits per heavy atom. The number of nitrogens with one attached hydrogen (secondary N) is 2. The molecule has 0 aliphatic carbocycles. The Kier molecular flexibility index (Phi) is 6.32. The topological polar surface area (TPSA) is 84.7 Å². The fourth-order valence-electron chi connectivity index (χ4n) is 3.37. The van der Waals surface area contributed by atoms with Gasteiger partial charge in [0.1, 0.15) is 17.2 Å². The third-order valence-electron chi connectivity index (χ3n) is 4.96. The van der Waals surface area contributed by atoms with Gasteiger partial charge in [0.05, 0.1) is 24.9 Å². The van der Waals surface area contributed by atoms with Gasteiger partial charge in [-0.05, 0) is 49.7 Å². The number of carbonyl (C=O) groups excluding carboxylic acids is 1. The number of fused-ring (bicyclic) bond motifs is 1. The molecule has 9 heteroatoms. The van der Waals surface area contributed by atoms with E-state index >= 15 is 0 Å². The van der Waals surface area contributed by atoms with Crippen LogP contribution in [0.3, 0.4) is 0 Å². The van der Waals surface area contributed by atoms with Gasteiger partial charge in [-0.2, -0.15) is 5.10 Å². The molecule has 4 aromatic rings. The molecule has 0 aliphatic rings. The Bertz CT molecular complexity index is 1270. The monoisotopic (exact) mass is 452 g/mol. The summed E-state index contributed by atoms with van der Waals surface area (Å²) in [6.45, 7) is 4.52. The molecule has 0 radical (unpaired) electrons. The van der Waals surface area contributed by atoms with Crippen LogP contribution in [0.5, 0.6) is 0 Å². The summed E-state index contributed by atoms with van der Waals surface area (Å²) in [5.74, 6) is -0.114. The first kappa shape index (κ1) is 21.7. The molecule has 0 fully saturated rings. The average Bonchev–Trinajstić information content (AvgIpc) is 3.17. The van der Waals surface area contributed by atoms with E-state index in [4.69, 9.17) is 11.6 Å². The number of nitrogens with zero attached hydrogens (tertiary/aromatic N) is 4. The average molecular weight is 453 g/mol. The maximum atomic E-state index is 14.5. The third kappa shape index (κ3) is 5.03. The van der Waals surface area contributed by atoms with E-state index in [0.29, 0.717) is 33.3 Å². The second-order valence-corrected chi connectivity index (χ2v) is 7.84. The van der Waals surface area contributed by atoms with Gasteiger partial charge in [0, 0.05) is 22.8 Å². The van der Waals surface area contributed by atoms with Crippen molar-refractivity contribution in [3.8, 4) is 0 Å². The molecular formula is C23H22ClFN6O. The summed E-state index contributed by atoms with van der Waals surface area (Å²) in [7, 11) is 0. The standard InChI is InChI=1S/C23H22ClFN6O/c1-3-31-13-20-23(30-31)29-21(12-26-20)27-14(2)18-11-17(7-8-19(18)25)28-22(32)10-15-5-4-6-16(24)9-15/h4-9,11-14H,3,10H2,1-2H3,(H,28,32)(H,27,29,30)/t14-/m0/s1. The minimum absolute atomic E-state index is 0.168. The lowest BCUT2D eigenvalue weighted by molar-refractivity contribution is -0.115. The van der Waals surface area contributed by atoms with Crippen molar-refractivity contribution in [3.63, 3.8) is 0 Å². The Labute approximate surface area is 189 Å². The van der Waals surface area contributed by atoms with Crippen molar-refractivity contribution in [2.75, 3.05) is 10.6 Å². The second kappa shape index (κ2) is 9.32. The van der Waals surface area contributed by atoms with Gasteiger partial charge in [0.25, 0.3) is 0 Å². The lowest BCUT2D eigenvalue weighted by Crippen LogP contribution is -2.16. The van der Waals surface area contributed by atoms with Gasteiger partial charge >= 0.3 is 0 Å². The van der Waals surface area contributed by atoms with E-state index in [0.717, 1.165) is 12.1 Å². The van der Waals surface area contributed by atoms with Gasteiger partial charge in [-0.1, -0.05) is 23.7 Å². The van der Waals surface area contributed by atoms with Crippen molar-refractivity contribution in [2.45, 2.75) is 32.9 Å². The highest BCUT2D eigenvalue weighted by Crippen LogP contribution is 2.25. The molecule has 2 aromatic carbocycles. The number of amides is 1. The number of hydrogen-bond donors (Lipinski definition) is 2. The van der Waals surface area contributed by atoms with Gasteiger partial charge in [0.2, 0.25) is 11.6 Å². The van der Waals surface area contributed by atoms with Crippen LogP contribution in [0, 0.1) is 5.82 Å². The molecule has 0 bridgehead atoms. The zero-order valence-corrected chi connectivity index (χ0v) is 18.4. The molecule has 0 spiro atoms. The van der Waals surface area contributed by atoms with E-state index in [1.54, 1.807) is 35.1 Å². The van der Waals surface area contributed by atoms with Crippen molar-refractivity contribution >= 4 is 40.2 Å². The summed E-state index contributed by atoms with van der Waals surface area (Å²) in [5.41, 5.74) is 2.91. The minimum Gasteiger partial charge on any atom is -0.362 e. The number of hydrogen-bond acceptors (Lipinski definition) is 5. The highest BCUT2D eigenvalue weighted by Gasteiger charge is 2.15. The van der Waals surface area contributed by atoms with Gasteiger partial charge in [-0.25, -0.2) is 14.4 Å². The number of benzene rings is 2. The Hall–Kier alpha value is -3.52. The molecule has 0 saturated heterocycles. The van der Waals surface area contributed by atoms with Crippen molar-refractivity contribution in [3.05, 3.63) is 76.8 Å². The summed E-state index contributed by atoms with van der Waals surface area (Å²) in [5, 5.41) is 10.9. The van der Waals surface area contributed by atoms with E-state index in [2.05, 4.69) is 25.7 Å². The third-order valence-corrected chi connectivity index (χ3v) is 5.20. The normalized spacial score (nSPS) is 12.0. The van der Waals surface area contributed by atoms with Gasteiger partial charge < -0.3 is 10.6 Å². The Morgan fingerprint density at radius 2 is 2.09 bits per heavy atom. The SMILES string of the molecule is CCn1cc2ncc(N[C@@H](C)c3cc(NC(=O)Cc4cccc(Cl)c4)ccc3F)nc2n1. The van der Waals surface area contributed by atoms with E-state index in [9.17, 15) is 9.18 Å². The zero-order chi connectivity index (χ0) is 22.7. The molecule has 7 nitrogen and oxygen atoms in total. The fourth-order valence-corrected chi connectivity index (χ4v) is 3.58. The van der Waals surface area contributed by atoms with E-state index in [1.165, 1.54) is 12.1 Å². The molecule has 0 aliphatic heterocycles. The maximum absolute atomic E-state index is 14.5. The van der Waals surface area contributed by atoms with Crippen molar-refractivity contribution in [1.82, 2.24) is 19.7 Å². The maximum Gasteiger partial charge on any atom is 0.228 e. The molecule has 0 saturated carbocycles. The minimum atomic E-state index is -0.417. The predicted octanol–water partition coefficient (Wildman–Crippen LogP) is 4.99. The summed E-state index contributed by atoms with van der Waals surface area (Å²) in [6, 6.07) is 11.2. The number of anilines is 2. The Balaban J connectivity index is 1.47. The van der Waals surface area contributed by atoms with Crippen LogP contribution in [-0.2, 0) is 17.8 Å².